The number of carbonyl (C=O) groups is 1. The van der Waals surface area contributed by atoms with Gasteiger partial charge in [-0.15, -0.1) is 0 Å². The predicted molar refractivity (Wildman–Crippen MR) is 57.5 cm³/mol. The van der Waals surface area contributed by atoms with E-state index in [2.05, 4.69) is 0 Å². The van der Waals surface area contributed by atoms with Crippen LogP contribution >= 0.6 is 0 Å². The smallest absolute Gasteiger partial charge is 0.254 e. The largest absolute Gasteiger partial charge is 0.391 e. The van der Waals surface area contributed by atoms with Crippen LogP contribution in [0.5, 0.6) is 0 Å². The van der Waals surface area contributed by atoms with Gasteiger partial charge in [-0.25, -0.2) is 0 Å². The summed E-state index contributed by atoms with van der Waals surface area (Å²) in [5.74, 6) is -0.00810. The number of ether oxygens (including phenoxy) is 1. The molecule has 15 heavy (non-hydrogen) atoms. The zero-order valence-electron chi connectivity index (χ0n) is 9.82. The highest BCUT2D eigenvalue weighted by atomic mass is 16.5. The van der Waals surface area contributed by atoms with Crippen LogP contribution in [0, 0.1) is 0 Å². The van der Waals surface area contributed by atoms with Crippen molar-refractivity contribution in [3.8, 4) is 0 Å². The summed E-state index contributed by atoms with van der Waals surface area (Å²) in [6, 6.07) is 0. The molecule has 1 fully saturated rings. The topological polar surface area (TPSA) is 49.8 Å². The molecule has 0 aliphatic carbocycles. The second-order valence-corrected chi connectivity index (χ2v) is 4.34. The van der Waals surface area contributed by atoms with E-state index in [9.17, 15) is 9.90 Å². The maximum atomic E-state index is 12.1. The average molecular weight is 215 g/mol. The molecule has 2 atom stereocenters. The summed E-state index contributed by atoms with van der Waals surface area (Å²) < 4.78 is 5.26. The Morgan fingerprint density at radius 2 is 2.33 bits per heavy atom. The van der Waals surface area contributed by atoms with Gasteiger partial charge in [0, 0.05) is 20.2 Å². The number of hydrogen-bond donors (Lipinski definition) is 1. The van der Waals surface area contributed by atoms with E-state index in [0.29, 0.717) is 13.0 Å². The number of aliphatic hydroxyl groups is 1. The highest BCUT2D eigenvalue weighted by Gasteiger charge is 2.36. The average Bonchev–Trinajstić information content (AvgIpc) is 2.27. The monoisotopic (exact) mass is 215 g/mol. The molecule has 2 unspecified atom stereocenters. The van der Waals surface area contributed by atoms with Gasteiger partial charge < -0.3 is 14.7 Å². The van der Waals surface area contributed by atoms with Gasteiger partial charge in [-0.1, -0.05) is 6.92 Å². The van der Waals surface area contributed by atoms with Crippen LogP contribution in [0.2, 0.25) is 0 Å². The van der Waals surface area contributed by atoms with Crippen molar-refractivity contribution < 1.29 is 14.6 Å². The lowest BCUT2D eigenvalue weighted by molar-refractivity contribution is -0.156. The van der Waals surface area contributed by atoms with Gasteiger partial charge in [-0.3, -0.25) is 4.79 Å². The predicted octanol–water partition coefficient (Wildman–Crippen LogP) is 0.785. The minimum Gasteiger partial charge on any atom is -0.391 e. The summed E-state index contributed by atoms with van der Waals surface area (Å²) in [5.41, 5.74) is -0.739. The molecule has 4 heteroatoms. The first-order valence-corrected chi connectivity index (χ1v) is 5.56. The lowest BCUT2D eigenvalue weighted by atomic mass is 9.99. The van der Waals surface area contributed by atoms with E-state index >= 15 is 0 Å². The molecule has 0 aromatic carbocycles. The van der Waals surface area contributed by atoms with Gasteiger partial charge in [0.1, 0.15) is 5.60 Å². The summed E-state index contributed by atoms with van der Waals surface area (Å²) in [4.78, 5) is 13.8. The number of β-amino-alcohol motifs (C(OH)–C–C–N with tert-alkyl or cyclic N) is 1. The van der Waals surface area contributed by atoms with Crippen LogP contribution in [0.4, 0.5) is 0 Å². The minimum absolute atomic E-state index is 0.00810. The van der Waals surface area contributed by atoms with Crippen LogP contribution in [0.15, 0.2) is 0 Å². The van der Waals surface area contributed by atoms with E-state index in [0.717, 1.165) is 19.4 Å². The third-order valence-corrected chi connectivity index (χ3v) is 3.26. The van der Waals surface area contributed by atoms with Gasteiger partial charge in [0.25, 0.3) is 5.91 Å². The number of nitrogens with zero attached hydrogens (tertiary/aromatic N) is 1. The Morgan fingerprint density at radius 3 is 2.80 bits per heavy atom. The van der Waals surface area contributed by atoms with Gasteiger partial charge >= 0.3 is 0 Å². The van der Waals surface area contributed by atoms with Gasteiger partial charge in [0.15, 0.2) is 0 Å². The first-order chi connectivity index (χ1) is 7.03. The fourth-order valence-corrected chi connectivity index (χ4v) is 1.86. The van der Waals surface area contributed by atoms with Crippen molar-refractivity contribution in [2.24, 2.45) is 0 Å². The zero-order chi connectivity index (χ0) is 11.5. The molecule has 0 spiro atoms. The fraction of sp³-hybridized carbons (Fsp3) is 0.909. The highest BCUT2D eigenvalue weighted by Crippen LogP contribution is 2.20. The Hall–Kier alpha value is -0.610. The molecule has 0 bridgehead atoms. The molecule has 88 valence electrons. The molecule has 0 aromatic rings. The van der Waals surface area contributed by atoms with Crippen molar-refractivity contribution in [1.82, 2.24) is 4.90 Å². The molecule has 1 N–H and O–H groups in total. The number of amides is 1. The Morgan fingerprint density at radius 1 is 1.67 bits per heavy atom. The van der Waals surface area contributed by atoms with E-state index in [-0.39, 0.29) is 12.0 Å². The van der Waals surface area contributed by atoms with Crippen molar-refractivity contribution in [2.75, 3.05) is 20.2 Å². The zero-order valence-corrected chi connectivity index (χ0v) is 9.82. The van der Waals surface area contributed by atoms with E-state index < -0.39 is 5.60 Å². The lowest BCUT2D eigenvalue weighted by Gasteiger charge is -2.36. The Kier molecular flexibility index (Phi) is 4.11. The van der Waals surface area contributed by atoms with Crippen molar-refractivity contribution in [2.45, 2.75) is 44.8 Å². The SMILES string of the molecule is CCC(C)(OC)C(=O)N1CCCC(O)C1. The van der Waals surface area contributed by atoms with Crippen LogP contribution in [0.3, 0.4) is 0 Å². The summed E-state index contributed by atoms with van der Waals surface area (Å²) in [6.07, 6.45) is 1.94. The molecule has 4 nitrogen and oxygen atoms in total. The Labute approximate surface area is 91.2 Å². The fourth-order valence-electron chi connectivity index (χ4n) is 1.86. The normalized spacial score (nSPS) is 26.1. The van der Waals surface area contributed by atoms with Crippen molar-refractivity contribution in [3.63, 3.8) is 0 Å². The van der Waals surface area contributed by atoms with E-state index in [4.69, 9.17) is 4.74 Å². The van der Waals surface area contributed by atoms with Crippen LogP contribution in [0.25, 0.3) is 0 Å². The number of aliphatic hydroxyl groups excluding tert-OH is 1. The summed E-state index contributed by atoms with van der Waals surface area (Å²) >= 11 is 0. The number of rotatable bonds is 3. The van der Waals surface area contributed by atoms with Crippen molar-refractivity contribution in [3.05, 3.63) is 0 Å². The van der Waals surface area contributed by atoms with Gasteiger partial charge in [-0.05, 0) is 26.2 Å². The molecule has 0 saturated carbocycles. The third-order valence-electron chi connectivity index (χ3n) is 3.26. The quantitative estimate of drug-likeness (QED) is 0.757. The first kappa shape index (κ1) is 12.5. The molecular formula is C11H21NO3. The third kappa shape index (κ3) is 2.69. The Bertz CT molecular complexity index is 226. The van der Waals surface area contributed by atoms with Crippen molar-refractivity contribution >= 4 is 5.91 Å². The maximum Gasteiger partial charge on any atom is 0.254 e. The van der Waals surface area contributed by atoms with Crippen LogP contribution < -0.4 is 0 Å². The molecule has 0 radical (unpaired) electrons. The molecular weight excluding hydrogens is 194 g/mol. The molecule has 1 heterocycles. The molecule has 1 amide bonds. The summed E-state index contributed by atoms with van der Waals surface area (Å²) in [5, 5.41) is 9.50. The molecule has 0 aromatic heterocycles. The van der Waals surface area contributed by atoms with Crippen LogP contribution in [0.1, 0.15) is 33.1 Å². The molecule has 1 rings (SSSR count). The maximum absolute atomic E-state index is 12.1. The summed E-state index contributed by atoms with van der Waals surface area (Å²) in [6.45, 7) is 4.91. The van der Waals surface area contributed by atoms with Crippen LogP contribution in [-0.2, 0) is 9.53 Å². The van der Waals surface area contributed by atoms with Crippen LogP contribution in [-0.4, -0.2) is 47.8 Å². The molecule has 1 saturated heterocycles. The summed E-state index contributed by atoms with van der Waals surface area (Å²) in [7, 11) is 1.56. The minimum atomic E-state index is -0.739. The van der Waals surface area contributed by atoms with E-state index in [1.807, 2.05) is 6.92 Å². The van der Waals surface area contributed by atoms with Gasteiger partial charge in [0.05, 0.1) is 6.10 Å². The van der Waals surface area contributed by atoms with Gasteiger partial charge in [0.2, 0.25) is 0 Å². The second kappa shape index (κ2) is 4.94. The van der Waals surface area contributed by atoms with E-state index in [1.165, 1.54) is 0 Å². The second-order valence-electron chi connectivity index (χ2n) is 4.34. The first-order valence-electron chi connectivity index (χ1n) is 5.56. The van der Waals surface area contributed by atoms with Gasteiger partial charge in [-0.2, -0.15) is 0 Å². The van der Waals surface area contributed by atoms with Crippen molar-refractivity contribution in [1.29, 1.82) is 0 Å². The molecule has 1 aliphatic heterocycles. The number of piperidine rings is 1. The number of carbonyl (C=O) groups excluding carboxylic acids is 1. The standard InChI is InChI=1S/C11H21NO3/c1-4-11(2,15-3)10(14)12-7-5-6-9(13)8-12/h9,13H,4-8H2,1-3H3. The number of methoxy groups -OCH3 is 1. The number of hydrogen-bond acceptors (Lipinski definition) is 3. The Balaban J connectivity index is 2.66. The number of likely N-dealkylation sites (tertiary alicyclic amines) is 1. The van der Waals surface area contributed by atoms with E-state index in [1.54, 1.807) is 18.9 Å². The lowest BCUT2D eigenvalue weighted by Crippen LogP contribution is -2.52. The molecule has 1 aliphatic rings. The highest BCUT2D eigenvalue weighted by molar-refractivity contribution is 5.84.